The summed E-state index contributed by atoms with van der Waals surface area (Å²) < 4.78 is 0. The molecular weight excluding hydrogens is 264 g/mol. The van der Waals surface area contributed by atoms with Gasteiger partial charge in [-0.05, 0) is 63.0 Å². The number of piperidine rings is 1. The molecule has 0 spiro atoms. The minimum atomic E-state index is 0.0490. The standard InChI is InChI=1S/C16H24N4O/c1-20-6-3-11(4-7-20)2-5-18-15-10-14-12(8-13(15)17)9-16(21)19-14/h8,10-11,18H,2-7,9,17H2,1H3,(H,19,21). The van der Waals surface area contributed by atoms with Crippen molar-refractivity contribution >= 4 is 23.0 Å². The number of hydrogen-bond acceptors (Lipinski definition) is 4. The topological polar surface area (TPSA) is 70.4 Å². The molecule has 0 radical (unpaired) electrons. The Kier molecular flexibility index (Phi) is 4.01. The van der Waals surface area contributed by atoms with Crippen molar-refractivity contribution in [2.75, 3.05) is 43.0 Å². The fourth-order valence-electron chi connectivity index (χ4n) is 3.21. The largest absolute Gasteiger partial charge is 0.397 e. The number of nitrogen functional groups attached to an aromatic ring is 1. The summed E-state index contributed by atoms with van der Waals surface area (Å²) in [5.41, 5.74) is 9.63. The number of fused-ring (bicyclic) bond motifs is 1. The zero-order chi connectivity index (χ0) is 14.8. The van der Waals surface area contributed by atoms with Crippen molar-refractivity contribution in [3.8, 4) is 0 Å². The summed E-state index contributed by atoms with van der Waals surface area (Å²) in [6, 6.07) is 3.87. The minimum Gasteiger partial charge on any atom is -0.397 e. The van der Waals surface area contributed by atoms with Crippen LogP contribution in [0.1, 0.15) is 24.8 Å². The van der Waals surface area contributed by atoms with Crippen LogP contribution in [-0.2, 0) is 11.2 Å². The van der Waals surface area contributed by atoms with Crippen LogP contribution < -0.4 is 16.4 Å². The van der Waals surface area contributed by atoms with Crippen molar-refractivity contribution in [2.24, 2.45) is 5.92 Å². The molecule has 21 heavy (non-hydrogen) atoms. The van der Waals surface area contributed by atoms with Crippen molar-refractivity contribution in [3.05, 3.63) is 17.7 Å². The summed E-state index contributed by atoms with van der Waals surface area (Å²) in [4.78, 5) is 13.8. The Bertz CT molecular complexity index is 535. The Morgan fingerprint density at radius 3 is 2.90 bits per heavy atom. The summed E-state index contributed by atoms with van der Waals surface area (Å²) in [6.45, 7) is 3.35. The first-order valence-electron chi connectivity index (χ1n) is 7.76. The summed E-state index contributed by atoms with van der Waals surface area (Å²) >= 11 is 0. The molecule has 1 saturated heterocycles. The summed E-state index contributed by atoms with van der Waals surface area (Å²) in [5, 5.41) is 6.30. The van der Waals surface area contributed by atoms with Gasteiger partial charge in [0.1, 0.15) is 0 Å². The molecule has 1 aromatic rings. The Hall–Kier alpha value is -1.75. The van der Waals surface area contributed by atoms with E-state index in [-0.39, 0.29) is 5.91 Å². The number of rotatable bonds is 4. The number of hydrogen-bond donors (Lipinski definition) is 3. The number of nitrogens with zero attached hydrogens (tertiary/aromatic N) is 1. The van der Waals surface area contributed by atoms with Crippen LogP contribution in [0.2, 0.25) is 0 Å². The Balaban J connectivity index is 1.54. The highest BCUT2D eigenvalue weighted by Crippen LogP contribution is 2.31. The van der Waals surface area contributed by atoms with Gasteiger partial charge in [0.2, 0.25) is 5.91 Å². The fourth-order valence-corrected chi connectivity index (χ4v) is 3.21. The molecule has 5 heteroatoms. The third-order valence-electron chi connectivity index (χ3n) is 4.61. The van der Waals surface area contributed by atoms with Crippen LogP contribution in [0.15, 0.2) is 12.1 Å². The molecule has 1 aromatic carbocycles. The van der Waals surface area contributed by atoms with E-state index in [1.54, 1.807) is 0 Å². The second kappa shape index (κ2) is 5.93. The maximum Gasteiger partial charge on any atom is 0.228 e. The SMILES string of the molecule is CN1CCC(CCNc2cc3c(cc2N)CC(=O)N3)CC1. The van der Waals surface area contributed by atoms with Gasteiger partial charge in [-0.1, -0.05) is 0 Å². The summed E-state index contributed by atoms with van der Waals surface area (Å²) in [7, 11) is 2.19. The number of carbonyl (C=O) groups is 1. The molecule has 1 fully saturated rings. The summed E-state index contributed by atoms with van der Waals surface area (Å²) in [5.74, 6) is 0.858. The first-order valence-corrected chi connectivity index (χ1v) is 7.76. The van der Waals surface area contributed by atoms with E-state index >= 15 is 0 Å². The quantitative estimate of drug-likeness (QED) is 0.740. The normalized spacial score (nSPS) is 19.4. The molecule has 0 aromatic heterocycles. The Labute approximate surface area is 125 Å². The number of nitrogens with two attached hydrogens (primary N) is 1. The lowest BCUT2D eigenvalue weighted by Gasteiger charge is -2.29. The van der Waals surface area contributed by atoms with Crippen LogP contribution >= 0.6 is 0 Å². The van der Waals surface area contributed by atoms with Gasteiger partial charge in [0.15, 0.2) is 0 Å². The van der Waals surface area contributed by atoms with Crippen LogP contribution in [0.3, 0.4) is 0 Å². The van der Waals surface area contributed by atoms with Crippen LogP contribution in [0.25, 0.3) is 0 Å². The maximum absolute atomic E-state index is 11.4. The number of likely N-dealkylation sites (tertiary alicyclic amines) is 1. The van der Waals surface area contributed by atoms with Gasteiger partial charge < -0.3 is 21.3 Å². The van der Waals surface area contributed by atoms with Gasteiger partial charge >= 0.3 is 0 Å². The van der Waals surface area contributed by atoms with Gasteiger partial charge in [-0.25, -0.2) is 0 Å². The van der Waals surface area contributed by atoms with Gasteiger partial charge in [0, 0.05) is 12.2 Å². The molecule has 0 unspecified atom stereocenters. The second-order valence-corrected chi connectivity index (χ2v) is 6.28. The van der Waals surface area contributed by atoms with Crippen LogP contribution in [0.5, 0.6) is 0 Å². The maximum atomic E-state index is 11.4. The molecule has 1 amide bonds. The van der Waals surface area contributed by atoms with Crippen molar-refractivity contribution in [3.63, 3.8) is 0 Å². The molecule has 3 rings (SSSR count). The zero-order valence-corrected chi connectivity index (χ0v) is 12.6. The van der Waals surface area contributed by atoms with Gasteiger partial charge in [-0.15, -0.1) is 0 Å². The lowest BCUT2D eigenvalue weighted by atomic mass is 9.94. The van der Waals surface area contributed by atoms with E-state index in [1.165, 1.54) is 32.4 Å². The highest BCUT2D eigenvalue weighted by atomic mass is 16.1. The number of amides is 1. The minimum absolute atomic E-state index is 0.0490. The molecule has 114 valence electrons. The molecule has 2 aliphatic rings. The zero-order valence-electron chi connectivity index (χ0n) is 12.6. The van der Waals surface area contributed by atoms with Crippen LogP contribution in [0.4, 0.5) is 17.1 Å². The Morgan fingerprint density at radius 1 is 1.38 bits per heavy atom. The highest BCUT2D eigenvalue weighted by molar-refractivity contribution is 6.00. The molecule has 5 nitrogen and oxygen atoms in total. The van der Waals surface area contributed by atoms with Crippen molar-refractivity contribution in [1.82, 2.24) is 4.90 Å². The van der Waals surface area contributed by atoms with Crippen LogP contribution in [-0.4, -0.2) is 37.5 Å². The summed E-state index contributed by atoms with van der Waals surface area (Å²) in [6.07, 6.45) is 4.19. The van der Waals surface area contributed by atoms with Gasteiger partial charge in [0.05, 0.1) is 17.8 Å². The lowest BCUT2D eigenvalue weighted by molar-refractivity contribution is -0.115. The fraction of sp³-hybridized carbons (Fsp3) is 0.562. The smallest absolute Gasteiger partial charge is 0.228 e. The molecule has 0 aliphatic carbocycles. The average Bonchev–Trinajstić information content (AvgIpc) is 2.80. The van der Waals surface area contributed by atoms with Gasteiger partial charge in [0.25, 0.3) is 0 Å². The molecule has 0 bridgehead atoms. The monoisotopic (exact) mass is 288 g/mol. The van der Waals surface area contributed by atoms with Crippen LogP contribution in [0, 0.1) is 5.92 Å². The first-order chi connectivity index (χ1) is 10.1. The third kappa shape index (κ3) is 3.29. The van der Waals surface area contributed by atoms with Crippen molar-refractivity contribution in [1.29, 1.82) is 0 Å². The number of nitrogens with one attached hydrogen (secondary N) is 2. The van der Waals surface area contributed by atoms with Crippen molar-refractivity contribution < 1.29 is 4.79 Å². The van der Waals surface area contributed by atoms with E-state index in [0.717, 1.165) is 35.1 Å². The number of anilines is 3. The van der Waals surface area contributed by atoms with E-state index < -0.39 is 0 Å². The second-order valence-electron chi connectivity index (χ2n) is 6.28. The molecular formula is C16H24N4O. The number of benzene rings is 1. The molecule has 0 saturated carbocycles. The average molecular weight is 288 g/mol. The molecule has 2 heterocycles. The van der Waals surface area contributed by atoms with Gasteiger partial charge in [-0.2, -0.15) is 0 Å². The highest BCUT2D eigenvalue weighted by Gasteiger charge is 2.20. The van der Waals surface area contributed by atoms with E-state index in [4.69, 9.17) is 5.73 Å². The predicted octanol–water partition coefficient (Wildman–Crippen LogP) is 1.91. The number of carbonyl (C=O) groups excluding carboxylic acids is 1. The molecule has 4 N–H and O–H groups in total. The van der Waals surface area contributed by atoms with Crippen molar-refractivity contribution in [2.45, 2.75) is 25.7 Å². The Morgan fingerprint density at radius 2 is 2.14 bits per heavy atom. The van der Waals surface area contributed by atoms with E-state index in [1.807, 2.05) is 12.1 Å². The van der Waals surface area contributed by atoms with Gasteiger partial charge in [-0.3, -0.25) is 4.79 Å². The molecule has 2 aliphatic heterocycles. The third-order valence-corrected chi connectivity index (χ3v) is 4.61. The van der Waals surface area contributed by atoms with E-state index in [9.17, 15) is 4.79 Å². The van der Waals surface area contributed by atoms with E-state index in [0.29, 0.717) is 6.42 Å². The lowest BCUT2D eigenvalue weighted by Crippen LogP contribution is -2.30. The first kappa shape index (κ1) is 14.2. The molecule has 0 atom stereocenters. The predicted molar refractivity (Wildman–Crippen MR) is 86.5 cm³/mol. The van der Waals surface area contributed by atoms with E-state index in [2.05, 4.69) is 22.6 Å².